The fraction of sp³-hybridized carbons (Fsp3) is 0.409. The Hall–Kier alpha value is -2.98. The zero-order chi connectivity index (χ0) is 23.5. The fourth-order valence-electron chi connectivity index (χ4n) is 3.87. The molecule has 7 nitrogen and oxygen atoms in total. The van der Waals surface area contributed by atoms with E-state index in [1.807, 2.05) is 35.2 Å². The number of β-amino-alcohol motifs (C(OH)–C–C–N with tert-alkyl or cyclic N) is 1. The number of benzene rings is 2. The van der Waals surface area contributed by atoms with Crippen LogP contribution >= 0.6 is 0 Å². The summed E-state index contributed by atoms with van der Waals surface area (Å²) in [5, 5.41) is 21.2. The number of alkyl halides is 3. The van der Waals surface area contributed by atoms with Crippen LogP contribution in [0.4, 0.5) is 18.9 Å². The molecule has 1 aliphatic heterocycles. The van der Waals surface area contributed by atoms with Crippen LogP contribution in [0, 0.1) is 10.1 Å². The molecule has 0 aliphatic carbocycles. The van der Waals surface area contributed by atoms with E-state index in [0.29, 0.717) is 32.1 Å². The number of nitro benzene ring substituents is 1. The molecule has 0 aromatic heterocycles. The van der Waals surface area contributed by atoms with E-state index in [1.165, 1.54) is 4.90 Å². The molecule has 1 aliphatic rings. The van der Waals surface area contributed by atoms with Crippen LogP contribution in [0.1, 0.15) is 29.2 Å². The largest absolute Gasteiger partial charge is 0.416 e. The highest BCUT2D eigenvalue weighted by molar-refractivity contribution is 5.80. The Kier molecular flexibility index (Phi) is 7.15. The highest BCUT2D eigenvalue weighted by Crippen LogP contribution is 2.33. The molecule has 2 atom stereocenters. The molecule has 10 heteroatoms. The summed E-state index contributed by atoms with van der Waals surface area (Å²) in [5.41, 5.74) is -1.10. The van der Waals surface area contributed by atoms with Gasteiger partial charge >= 0.3 is 6.18 Å². The molecule has 2 aromatic rings. The number of carbonyl (C=O) groups is 1. The molecule has 2 aromatic carbocycles. The van der Waals surface area contributed by atoms with E-state index in [-0.39, 0.29) is 11.6 Å². The number of hydrogen-bond acceptors (Lipinski definition) is 5. The molecule has 1 unspecified atom stereocenters. The van der Waals surface area contributed by atoms with E-state index < -0.39 is 40.8 Å². The summed E-state index contributed by atoms with van der Waals surface area (Å²) in [6.45, 7) is 1.62. The molecule has 3 rings (SSSR count). The number of aliphatic hydroxyl groups excluding tert-OH is 1. The molecule has 0 radical (unpaired) electrons. The first kappa shape index (κ1) is 23.7. The number of amides is 1. The smallest absolute Gasteiger partial charge is 0.392 e. The Balaban J connectivity index is 1.83. The number of rotatable bonds is 7. The van der Waals surface area contributed by atoms with Gasteiger partial charge < -0.3 is 10.0 Å². The van der Waals surface area contributed by atoms with Crippen LogP contribution in [0.15, 0.2) is 48.5 Å². The lowest BCUT2D eigenvalue weighted by Gasteiger charge is -2.32. The SMILES string of the molecule is CN(C(=O)Cc1ccc(C(F)(F)F)cc1[N+](=O)[O-])C(CN1CC[C@H](O)C1)c1ccccc1. The molecular formula is C22H24F3N3O4. The van der Waals surface area contributed by atoms with Crippen LogP contribution in [-0.2, 0) is 17.4 Å². The molecule has 1 fully saturated rings. The van der Waals surface area contributed by atoms with Gasteiger partial charge in [-0.1, -0.05) is 36.4 Å². The van der Waals surface area contributed by atoms with Gasteiger partial charge in [-0.3, -0.25) is 19.8 Å². The second-order valence-electron chi connectivity index (χ2n) is 7.91. The first-order chi connectivity index (χ1) is 15.1. The third-order valence-electron chi connectivity index (χ3n) is 5.67. The van der Waals surface area contributed by atoms with Crippen molar-refractivity contribution in [3.05, 3.63) is 75.3 Å². The van der Waals surface area contributed by atoms with Crippen molar-refractivity contribution < 1.29 is 28.0 Å². The highest BCUT2D eigenvalue weighted by Gasteiger charge is 2.34. The predicted molar refractivity (Wildman–Crippen MR) is 111 cm³/mol. The first-order valence-electron chi connectivity index (χ1n) is 10.1. The average Bonchev–Trinajstić information content (AvgIpc) is 3.16. The molecular weight excluding hydrogens is 427 g/mol. The number of nitrogens with zero attached hydrogens (tertiary/aromatic N) is 3. The second kappa shape index (κ2) is 9.66. The van der Waals surface area contributed by atoms with E-state index >= 15 is 0 Å². The van der Waals surface area contributed by atoms with Crippen LogP contribution in [0.2, 0.25) is 0 Å². The zero-order valence-corrected chi connectivity index (χ0v) is 17.5. The van der Waals surface area contributed by atoms with Gasteiger partial charge in [0.25, 0.3) is 5.69 Å². The maximum atomic E-state index is 13.0. The summed E-state index contributed by atoms with van der Waals surface area (Å²) in [6, 6.07) is 11.0. The molecule has 0 spiro atoms. The third-order valence-corrected chi connectivity index (χ3v) is 5.67. The van der Waals surface area contributed by atoms with Crippen molar-refractivity contribution in [3.63, 3.8) is 0 Å². The average molecular weight is 451 g/mol. The molecule has 32 heavy (non-hydrogen) atoms. The van der Waals surface area contributed by atoms with Gasteiger partial charge in [-0.05, 0) is 18.1 Å². The lowest BCUT2D eigenvalue weighted by molar-refractivity contribution is -0.385. The van der Waals surface area contributed by atoms with E-state index in [1.54, 1.807) is 7.05 Å². The summed E-state index contributed by atoms with van der Waals surface area (Å²) in [5.74, 6) is -0.457. The van der Waals surface area contributed by atoms with Crippen LogP contribution in [-0.4, -0.2) is 58.5 Å². The van der Waals surface area contributed by atoms with Crippen molar-refractivity contribution >= 4 is 11.6 Å². The van der Waals surface area contributed by atoms with Gasteiger partial charge in [-0.25, -0.2) is 0 Å². The molecule has 1 saturated heterocycles. The topological polar surface area (TPSA) is 86.9 Å². The Morgan fingerprint density at radius 3 is 2.53 bits per heavy atom. The summed E-state index contributed by atoms with van der Waals surface area (Å²) in [6.07, 6.45) is -4.92. The fourth-order valence-corrected chi connectivity index (χ4v) is 3.87. The third kappa shape index (κ3) is 5.63. The standard InChI is InChI=1S/C22H24F3N3O4/c1-26(20(15-5-3-2-4-6-15)14-27-10-9-18(29)13-27)21(30)11-16-7-8-17(22(23,24)25)12-19(16)28(31)32/h2-8,12,18,20,29H,9-11,13-14H2,1H3/t18-,20?/m0/s1. The Labute approximate surface area is 183 Å². The number of nitro groups is 1. The number of carbonyl (C=O) groups excluding carboxylic acids is 1. The number of likely N-dealkylation sites (tertiary alicyclic amines) is 1. The molecule has 0 saturated carbocycles. The maximum Gasteiger partial charge on any atom is 0.416 e. The summed E-state index contributed by atoms with van der Waals surface area (Å²) in [4.78, 5) is 27.0. The maximum absolute atomic E-state index is 13.0. The van der Waals surface area contributed by atoms with Gasteiger partial charge in [-0.2, -0.15) is 13.2 Å². The van der Waals surface area contributed by atoms with Crippen molar-refractivity contribution in [2.45, 2.75) is 31.2 Å². The minimum atomic E-state index is -4.72. The summed E-state index contributed by atoms with van der Waals surface area (Å²) < 4.78 is 38.8. The lowest BCUT2D eigenvalue weighted by Crippen LogP contribution is -2.39. The molecule has 172 valence electrons. The number of halogens is 3. The van der Waals surface area contributed by atoms with Crippen molar-refractivity contribution in [2.75, 3.05) is 26.7 Å². The van der Waals surface area contributed by atoms with E-state index in [2.05, 4.69) is 0 Å². The normalized spacial score (nSPS) is 17.8. The monoisotopic (exact) mass is 451 g/mol. The number of aliphatic hydroxyl groups is 1. The lowest BCUT2D eigenvalue weighted by atomic mass is 10.0. The quantitative estimate of drug-likeness (QED) is 0.515. The summed E-state index contributed by atoms with van der Waals surface area (Å²) >= 11 is 0. The summed E-state index contributed by atoms with van der Waals surface area (Å²) in [7, 11) is 1.57. The first-order valence-corrected chi connectivity index (χ1v) is 10.1. The predicted octanol–water partition coefficient (Wildman–Crippen LogP) is 3.42. The highest BCUT2D eigenvalue weighted by atomic mass is 19.4. The number of likely N-dealkylation sites (N-methyl/N-ethyl adjacent to an activating group) is 1. The second-order valence-corrected chi connectivity index (χ2v) is 7.91. The van der Waals surface area contributed by atoms with E-state index in [9.17, 15) is 33.2 Å². The van der Waals surface area contributed by atoms with Crippen molar-refractivity contribution in [1.29, 1.82) is 0 Å². The van der Waals surface area contributed by atoms with Crippen molar-refractivity contribution in [3.8, 4) is 0 Å². The Bertz CT molecular complexity index is 969. The molecule has 1 amide bonds. The Morgan fingerprint density at radius 2 is 1.97 bits per heavy atom. The van der Waals surface area contributed by atoms with Gasteiger partial charge in [0, 0.05) is 38.3 Å². The van der Waals surface area contributed by atoms with Crippen LogP contribution < -0.4 is 0 Å². The van der Waals surface area contributed by atoms with Gasteiger partial charge in [0.15, 0.2) is 0 Å². The van der Waals surface area contributed by atoms with Crippen LogP contribution in [0.3, 0.4) is 0 Å². The van der Waals surface area contributed by atoms with Crippen LogP contribution in [0.25, 0.3) is 0 Å². The minimum absolute atomic E-state index is 0.0803. The van der Waals surface area contributed by atoms with Gasteiger partial charge in [-0.15, -0.1) is 0 Å². The molecule has 1 N–H and O–H groups in total. The van der Waals surface area contributed by atoms with Crippen molar-refractivity contribution in [2.24, 2.45) is 0 Å². The van der Waals surface area contributed by atoms with Gasteiger partial charge in [0.2, 0.25) is 5.91 Å². The van der Waals surface area contributed by atoms with E-state index in [4.69, 9.17) is 0 Å². The Morgan fingerprint density at radius 1 is 1.28 bits per heavy atom. The van der Waals surface area contributed by atoms with Crippen LogP contribution in [0.5, 0.6) is 0 Å². The zero-order valence-electron chi connectivity index (χ0n) is 17.5. The molecule has 0 bridgehead atoms. The van der Waals surface area contributed by atoms with Crippen molar-refractivity contribution in [1.82, 2.24) is 9.80 Å². The van der Waals surface area contributed by atoms with Gasteiger partial charge in [0.05, 0.1) is 29.1 Å². The minimum Gasteiger partial charge on any atom is -0.392 e. The van der Waals surface area contributed by atoms with Gasteiger partial charge in [0.1, 0.15) is 0 Å². The van der Waals surface area contributed by atoms with E-state index in [0.717, 1.165) is 17.7 Å². The number of hydrogen-bond donors (Lipinski definition) is 1. The molecule has 1 heterocycles.